The van der Waals surface area contributed by atoms with E-state index in [0.29, 0.717) is 18.8 Å². The van der Waals surface area contributed by atoms with E-state index in [-0.39, 0.29) is 0 Å². The molecule has 0 aromatic heterocycles. The molecule has 0 saturated carbocycles. The molecule has 4 nitrogen and oxygen atoms in total. The van der Waals surface area contributed by atoms with Gasteiger partial charge in [-0.1, -0.05) is 75.8 Å². The molecule has 34 heavy (non-hydrogen) atoms. The van der Waals surface area contributed by atoms with E-state index in [0.717, 1.165) is 49.6 Å². The van der Waals surface area contributed by atoms with E-state index >= 15 is 0 Å². The number of guanidine groups is 1. The lowest BCUT2D eigenvalue weighted by atomic mass is 9.81. The van der Waals surface area contributed by atoms with Crippen molar-refractivity contribution in [2.45, 2.75) is 79.8 Å². The maximum absolute atomic E-state index is 11.5. The molecule has 0 unspecified atom stereocenters. The number of hydrogen-bond acceptors (Lipinski definition) is 2. The van der Waals surface area contributed by atoms with Crippen LogP contribution in [0.4, 0.5) is 0 Å². The smallest absolute Gasteiger partial charge is 0.200 e. The van der Waals surface area contributed by atoms with Gasteiger partial charge in [0.2, 0.25) is 0 Å². The van der Waals surface area contributed by atoms with Crippen LogP contribution in [0.25, 0.3) is 0 Å². The van der Waals surface area contributed by atoms with E-state index in [4.69, 9.17) is 4.99 Å². The predicted molar refractivity (Wildman–Crippen MR) is 150 cm³/mol. The third-order valence-corrected chi connectivity index (χ3v) is 6.14. The fraction of sp³-hybridized carbons (Fsp3) is 0.567. The van der Waals surface area contributed by atoms with Crippen molar-refractivity contribution in [2.24, 2.45) is 10.9 Å². The number of allylic oxidation sites excluding steroid dienone is 8. The summed E-state index contributed by atoms with van der Waals surface area (Å²) < 4.78 is 0. The molecule has 0 radical (unpaired) electrons. The Morgan fingerprint density at radius 2 is 1.82 bits per heavy atom. The molecule has 1 saturated heterocycles. The highest BCUT2D eigenvalue weighted by molar-refractivity contribution is 5.81. The SMILES string of the molecule is C=C/C=C\C(=C(C)C)C1(O)CCN(C(=NCC)N(C)\C=C(CCC)/C(/C=C\C(C)C)=C/C)CC1. The molecule has 1 heterocycles. The topological polar surface area (TPSA) is 39.1 Å². The summed E-state index contributed by atoms with van der Waals surface area (Å²) in [6.45, 7) is 21.0. The second-order valence-corrected chi connectivity index (χ2v) is 9.66. The minimum Gasteiger partial charge on any atom is -0.385 e. The van der Waals surface area contributed by atoms with Crippen LogP contribution >= 0.6 is 0 Å². The van der Waals surface area contributed by atoms with Gasteiger partial charge in [-0.05, 0) is 69.6 Å². The fourth-order valence-corrected chi connectivity index (χ4v) is 4.40. The second kappa shape index (κ2) is 14.8. The summed E-state index contributed by atoms with van der Waals surface area (Å²) in [7, 11) is 2.10. The van der Waals surface area contributed by atoms with Crippen LogP contribution in [0.5, 0.6) is 0 Å². The van der Waals surface area contributed by atoms with Crippen molar-refractivity contribution >= 4 is 5.96 Å². The Balaban J connectivity index is 3.17. The predicted octanol–water partition coefficient (Wildman–Crippen LogP) is 7.04. The molecule has 1 aliphatic heterocycles. The van der Waals surface area contributed by atoms with E-state index in [2.05, 4.69) is 96.3 Å². The summed E-state index contributed by atoms with van der Waals surface area (Å²) in [6, 6.07) is 0. The molecule has 4 heteroatoms. The van der Waals surface area contributed by atoms with Crippen LogP contribution in [0.1, 0.15) is 74.1 Å². The molecule has 1 N–H and O–H groups in total. The lowest BCUT2D eigenvalue weighted by molar-refractivity contribution is 0.0263. The van der Waals surface area contributed by atoms with Gasteiger partial charge < -0.3 is 14.9 Å². The zero-order chi connectivity index (χ0) is 25.7. The van der Waals surface area contributed by atoms with Gasteiger partial charge in [-0.25, -0.2) is 0 Å². The monoisotopic (exact) mass is 467 g/mol. The average molecular weight is 468 g/mol. The molecule has 1 fully saturated rings. The van der Waals surface area contributed by atoms with Gasteiger partial charge in [-0.2, -0.15) is 0 Å². The molecular formula is C30H49N3O. The van der Waals surface area contributed by atoms with E-state index in [1.54, 1.807) is 6.08 Å². The molecule has 1 rings (SSSR count). The van der Waals surface area contributed by atoms with E-state index in [9.17, 15) is 5.11 Å². The molecule has 0 aliphatic carbocycles. The van der Waals surface area contributed by atoms with Crippen molar-refractivity contribution in [3.8, 4) is 0 Å². The van der Waals surface area contributed by atoms with Gasteiger partial charge >= 0.3 is 0 Å². The summed E-state index contributed by atoms with van der Waals surface area (Å²) in [5.74, 6) is 1.49. The Morgan fingerprint density at radius 1 is 1.18 bits per heavy atom. The van der Waals surface area contributed by atoms with Gasteiger partial charge in [0.25, 0.3) is 0 Å². The lowest BCUT2D eigenvalue weighted by Gasteiger charge is -2.42. The number of aliphatic imine (C=N–C) groups is 1. The molecule has 0 spiro atoms. The van der Waals surface area contributed by atoms with Gasteiger partial charge in [0.15, 0.2) is 5.96 Å². The quantitative estimate of drug-likeness (QED) is 0.213. The summed E-state index contributed by atoms with van der Waals surface area (Å²) in [5, 5.41) is 11.5. The second-order valence-electron chi connectivity index (χ2n) is 9.66. The molecule has 1 aliphatic rings. The first-order valence-corrected chi connectivity index (χ1v) is 12.9. The minimum absolute atomic E-state index is 0.520. The van der Waals surface area contributed by atoms with E-state index in [1.165, 1.54) is 11.1 Å². The van der Waals surface area contributed by atoms with E-state index < -0.39 is 5.60 Å². The van der Waals surface area contributed by atoms with Crippen molar-refractivity contribution in [3.05, 3.63) is 71.5 Å². The first-order chi connectivity index (χ1) is 16.1. The number of hydrogen-bond donors (Lipinski definition) is 1. The van der Waals surface area contributed by atoms with Crippen LogP contribution in [0, 0.1) is 5.92 Å². The van der Waals surface area contributed by atoms with Gasteiger partial charge in [-0.15, -0.1) is 0 Å². The highest BCUT2D eigenvalue weighted by atomic mass is 16.3. The van der Waals surface area contributed by atoms with Gasteiger partial charge in [0, 0.05) is 32.9 Å². The number of rotatable bonds is 10. The fourth-order valence-electron chi connectivity index (χ4n) is 4.40. The van der Waals surface area contributed by atoms with Gasteiger partial charge in [-0.3, -0.25) is 4.99 Å². The Hall–Kier alpha value is -2.33. The Labute approximate surface area is 209 Å². The van der Waals surface area contributed by atoms with Crippen LogP contribution in [0.3, 0.4) is 0 Å². The summed E-state index contributed by atoms with van der Waals surface area (Å²) in [4.78, 5) is 9.35. The summed E-state index contributed by atoms with van der Waals surface area (Å²) >= 11 is 0. The third-order valence-electron chi connectivity index (χ3n) is 6.14. The van der Waals surface area contributed by atoms with Crippen molar-refractivity contribution in [1.82, 2.24) is 9.80 Å². The van der Waals surface area contributed by atoms with Crippen molar-refractivity contribution in [2.75, 3.05) is 26.7 Å². The van der Waals surface area contributed by atoms with Crippen molar-refractivity contribution in [1.29, 1.82) is 0 Å². The Morgan fingerprint density at radius 3 is 2.29 bits per heavy atom. The van der Waals surface area contributed by atoms with Crippen LogP contribution in [0.15, 0.2) is 76.5 Å². The number of likely N-dealkylation sites (tertiary alicyclic amines) is 1. The minimum atomic E-state index is -0.812. The maximum atomic E-state index is 11.5. The normalized spacial score (nSPS) is 17.7. The van der Waals surface area contributed by atoms with Crippen LogP contribution < -0.4 is 0 Å². The molecule has 0 atom stereocenters. The lowest BCUT2D eigenvalue weighted by Crippen LogP contribution is -2.50. The number of nitrogens with zero attached hydrogens (tertiary/aromatic N) is 3. The zero-order valence-corrected chi connectivity index (χ0v) is 23.1. The summed E-state index contributed by atoms with van der Waals surface area (Å²) in [5.41, 5.74) is 3.94. The van der Waals surface area contributed by atoms with Gasteiger partial charge in [0.05, 0.1) is 5.60 Å². The van der Waals surface area contributed by atoms with E-state index in [1.807, 2.05) is 12.2 Å². The average Bonchev–Trinajstić information content (AvgIpc) is 2.78. The highest BCUT2D eigenvalue weighted by Gasteiger charge is 2.36. The van der Waals surface area contributed by atoms with Gasteiger partial charge in [0.1, 0.15) is 0 Å². The first kappa shape index (κ1) is 29.7. The Kier molecular flexibility index (Phi) is 13.0. The number of aliphatic hydroxyl groups is 1. The van der Waals surface area contributed by atoms with Crippen molar-refractivity contribution in [3.63, 3.8) is 0 Å². The first-order valence-electron chi connectivity index (χ1n) is 12.9. The molecule has 0 bridgehead atoms. The molecule has 0 amide bonds. The molecule has 190 valence electrons. The Bertz CT molecular complexity index is 827. The zero-order valence-electron chi connectivity index (χ0n) is 23.1. The largest absolute Gasteiger partial charge is 0.385 e. The molecule has 0 aromatic carbocycles. The molecular weight excluding hydrogens is 418 g/mol. The third kappa shape index (κ3) is 8.79. The number of piperidine rings is 1. The standard InChI is InChI=1S/C30H49N3O/c1-10-14-16-28(25(7)8)30(34)19-21-33(22-20-30)29(31-13-4)32(9)23-27(15-11-2)26(12-3)18-17-24(5)6/h10,12,14,16-18,23-24,34H,1,11,13,15,19-22H2,2-9H3/b16-14-,18-17-,26-12+,27-23-,31-29?. The maximum Gasteiger partial charge on any atom is 0.200 e. The van der Waals surface area contributed by atoms with Crippen molar-refractivity contribution < 1.29 is 5.11 Å². The molecule has 0 aromatic rings. The van der Waals surface area contributed by atoms with Crippen LogP contribution in [-0.2, 0) is 0 Å². The van der Waals surface area contributed by atoms with Crippen LogP contribution in [0.2, 0.25) is 0 Å². The van der Waals surface area contributed by atoms with Crippen LogP contribution in [-0.4, -0.2) is 53.1 Å². The highest BCUT2D eigenvalue weighted by Crippen LogP contribution is 2.33. The summed E-state index contributed by atoms with van der Waals surface area (Å²) in [6.07, 6.45) is 18.1.